The predicted molar refractivity (Wildman–Crippen MR) is 64.0 cm³/mol. The lowest BCUT2D eigenvalue weighted by Crippen LogP contribution is -2.37. The molecular weight excluding hydrogens is 226 g/mol. The van der Waals surface area contributed by atoms with Gasteiger partial charge in [-0.15, -0.1) is 0 Å². The average molecular weight is 240 g/mol. The summed E-state index contributed by atoms with van der Waals surface area (Å²) in [5, 5.41) is 3.34. The number of benzene rings is 1. The molecule has 1 atom stereocenters. The van der Waals surface area contributed by atoms with Crippen LogP contribution in [0.3, 0.4) is 0 Å². The van der Waals surface area contributed by atoms with Gasteiger partial charge < -0.3 is 10.1 Å². The highest BCUT2D eigenvalue weighted by Crippen LogP contribution is 2.37. The minimum Gasteiger partial charge on any atom is -0.477 e. The lowest BCUT2D eigenvalue weighted by molar-refractivity contribution is -0.124. The average Bonchev–Trinajstić information content (AvgIpc) is 2.20. The molecule has 4 heteroatoms. The van der Waals surface area contributed by atoms with Crippen LogP contribution in [-0.4, -0.2) is 12.0 Å². The van der Waals surface area contributed by atoms with E-state index >= 15 is 0 Å². The molecule has 0 bridgehead atoms. The van der Waals surface area contributed by atoms with Gasteiger partial charge in [-0.3, -0.25) is 4.79 Å². The van der Waals surface area contributed by atoms with E-state index in [1.165, 1.54) is 0 Å². The van der Waals surface area contributed by atoms with Gasteiger partial charge in [-0.1, -0.05) is 31.5 Å². The first-order valence-corrected chi connectivity index (χ1v) is 5.71. The molecule has 0 radical (unpaired) electrons. The monoisotopic (exact) mass is 239 g/mol. The molecule has 1 aliphatic heterocycles. The Bertz CT molecular complexity index is 417. The van der Waals surface area contributed by atoms with Crippen molar-refractivity contribution in [1.82, 2.24) is 0 Å². The van der Waals surface area contributed by atoms with Crippen LogP contribution in [0.25, 0.3) is 0 Å². The van der Waals surface area contributed by atoms with Crippen molar-refractivity contribution in [1.29, 1.82) is 0 Å². The van der Waals surface area contributed by atoms with Crippen LogP contribution in [0.1, 0.15) is 20.3 Å². The molecule has 1 N–H and O–H groups in total. The summed E-state index contributed by atoms with van der Waals surface area (Å²) >= 11 is 6.02. The number of rotatable bonds is 2. The second-order valence-corrected chi connectivity index (χ2v) is 4.75. The Morgan fingerprint density at radius 1 is 1.50 bits per heavy atom. The number of carbonyl (C=O) groups is 1. The Kier molecular flexibility index (Phi) is 3.06. The van der Waals surface area contributed by atoms with Gasteiger partial charge in [-0.2, -0.15) is 0 Å². The van der Waals surface area contributed by atoms with Crippen molar-refractivity contribution in [2.75, 3.05) is 5.32 Å². The predicted octanol–water partition coefficient (Wildman–Crippen LogP) is 3.09. The van der Waals surface area contributed by atoms with Gasteiger partial charge in [0.15, 0.2) is 11.9 Å². The summed E-state index contributed by atoms with van der Waals surface area (Å²) in [6, 6.07) is 5.32. The molecule has 1 aromatic rings. The van der Waals surface area contributed by atoms with Crippen LogP contribution in [0, 0.1) is 5.92 Å². The largest absolute Gasteiger partial charge is 0.477 e. The smallest absolute Gasteiger partial charge is 0.265 e. The van der Waals surface area contributed by atoms with E-state index in [1.54, 1.807) is 18.2 Å². The number of para-hydroxylation sites is 1. The minimum atomic E-state index is -0.438. The lowest BCUT2D eigenvalue weighted by atomic mass is 10.0. The summed E-state index contributed by atoms with van der Waals surface area (Å²) in [7, 11) is 0. The van der Waals surface area contributed by atoms with Crippen LogP contribution in [0.4, 0.5) is 5.69 Å². The van der Waals surface area contributed by atoms with E-state index in [2.05, 4.69) is 19.2 Å². The van der Waals surface area contributed by atoms with Gasteiger partial charge in [0.1, 0.15) is 0 Å². The van der Waals surface area contributed by atoms with Crippen LogP contribution in [0.2, 0.25) is 5.02 Å². The van der Waals surface area contributed by atoms with Crippen molar-refractivity contribution < 1.29 is 9.53 Å². The first-order valence-electron chi connectivity index (χ1n) is 5.34. The first-order chi connectivity index (χ1) is 7.58. The molecule has 1 aromatic carbocycles. The number of nitrogens with one attached hydrogen (secondary N) is 1. The van der Waals surface area contributed by atoms with Crippen LogP contribution in [0.5, 0.6) is 5.75 Å². The molecular formula is C12H14ClNO2. The van der Waals surface area contributed by atoms with Crippen molar-refractivity contribution >= 4 is 23.2 Å². The molecule has 1 unspecified atom stereocenters. The normalized spacial score (nSPS) is 19.0. The zero-order valence-corrected chi connectivity index (χ0v) is 10.0. The van der Waals surface area contributed by atoms with Gasteiger partial charge in [0.05, 0.1) is 10.7 Å². The zero-order chi connectivity index (χ0) is 11.7. The number of carbonyl (C=O) groups excluding carboxylic acids is 1. The Labute approximate surface area is 99.7 Å². The van der Waals surface area contributed by atoms with E-state index in [0.29, 0.717) is 28.8 Å². The summed E-state index contributed by atoms with van der Waals surface area (Å²) < 4.78 is 5.64. The van der Waals surface area contributed by atoms with E-state index in [0.717, 1.165) is 0 Å². The SMILES string of the molecule is CC(C)CC1Oc2c(Cl)cccc2NC1=O. The van der Waals surface area contributed by atoms with Gasteiger partial charge in [-0.25, -0.2) is 0 Å². The van der Waals surface area contributed by atoms with Gasteiger partial charge in [-0.05, 0) is 24.5 Å². The Morgan fingerprint density at radius 2 is 2.25 bits per heavy atom. The Balaban J connectivity index is 2.26. The van der Waals surface area contributed by atoms with Gasteiger partial charge in [0.2, 0.25) is 0 Å². The molecule has 0 saturated heterocycles. The second kappa shape index (κ2) is 4.34. The first kappa shape index (κ1) is 11.3. The number of amides is 1. The number of anilines is 1. The second-order valence-electron chi connectivity index (χ2n) is 4.34. The fourth-order valence-electron chi connectivity index (χ4n) is 1.72. The van der Waals surface area contributed by atoms with Crippen LogP contribution >= 0.6 is 11.6 Å². The van der Waals surface area contributed by atoms with Gasteiger partial charge in [0, 0.05) is 0 Å². The quantitative estimate of drug-likeness (QED) is 0.861. The van der Waals surface area contributed by atoms with Gasteiger partial charge >= 0.3 is 0 Å². The van der Waals surface area contributed by atoms with Crippen molar-refractivity contribution in [3.05, 3.63) is 23.2 Å². The summed E-state index contributed by atoms with van der Waals surface area (Å²) in [6.45, 7) is 4.11. The molecule has 0 aromatic heterocycles. The molecule has 0 saturated carbocycles. The summed E-state index contributed by atoms with van der Waals surface area (Å²) in [5.41, 5.74) is 0.650. The molecule has 1 amide bonds. The molecule has 2 rings (SSSR count). The van der Waals surface area contributed by atoms with Crippen molar-refractivity contribution in [2.45, 2.75) is 26.4 Å². The van der Waals surface area contributed by atoms with E-state index in [1.807, 2.05) is 0 Å². The molecule has 1 heterocycles. The number of ether oxygens (including phenoxy) is 1. The highest BCUT2D eigenvalue weighted by Gasteiger charge is 2.29. The Morgan fingerprint density at radius 3 is 2.94 bits per heavy atom. The molecule has 0 aliphatic carbocycles. The Hall–Kier alpha value is -1.22. The molecule has 0 spiro atoms. The fraction of sp³-hybridized carbons (Fsp3) is 0.417. The molecule has 1 aliphatic rings. The third kappa shape index (κ3) is 2.14. The van der Waals surface area contributed by atoms with Crippen molar-refractivity contribution in [2.24, 2.45) is 5.92 Å². The van der Waals surface area contributed by atoms with Crippen molar-refractivity contribution in [3.8, 4) is 5.75 Å². The fourth-order valence-corrected chi connectivity index (χ4v) is 1.94. The van der Waals surface area contributed by atoms with Crippen LogP contribution in [-0.2, 0) is 4.79 Å². The lowest BCUT2D eigenvalue weighted by Gasteiger charge is -2.27. The highest BCUT2D eigenvalue weighted by atomic mass is 35.5. The van der Waals surface area contributed by atoms with E-state index in [9.17, 15) is 4.79 Å². The van der Waals surface area contributed by atoms with Crippen LogP contribution < -0.4 is 10.1 Å². The number of fused-ring (bicyclic) bond motifs is 1. The maximum Gasteiger partial charge on any atom is 0.265 e. The topological polar surface area (TPSA) is 38.3 Å². The van der Waals surface area contributed by atoms with Crippen molar-refractivity contribution in [3.63, 3.8) is 0 Å². The zero-order valence-electron chi connectivity index (χ0n) is 9.29. The summed E-state index contributed by atoms with van der Waals surface area (Å²) in [4.78, 5) is 11.7. The van der Waals surface area contributed by atoms with Gasteiger partial charge in [0.25, 0.3) is 5.91 Å². The standard InChI is InChI=1S/C12H14ClNO2/c1-7(2)6-10-12(15)14-9-5-3-4-8(13)11(9)16-10/h3-5,7,10H,6H2,1-2H3,(H,14,15). The van der Waals surface area contributed by atoms with Crippen LogP contribution in [0.15, 0.2) is 18.2 Å². The van der Waals surface area contributed by atoms with E-state index in [4.69, 9.17) is 16.3 Å². The van der Waals surface area contributed by atoms with E-state index in [-0.39, 0.29) is 5.91 Å². The number of hydrogen-bond acceptors (Lipinski definition) is 2. The van der Waals surface area contributed by atoms with E-state index < -0.39 is 6.10 Å². The third-order valence-corrected chi connectivity index (χ3v) is 2.76. The third-order valence-electron chi connectivity index (χ3n) is 2.46. The maximum atomic E-state index is 11.7. The summed E-state index contributed by atoms with van der Waals surface area (Å²) in [6.07, 6.45) is 0.253. The number of hydrogen-bond donors (Lipinski definition) is 1. The molecule has 3 nitrogen and oxygen atoms in total. The molecule has 16 heavy (non-hydrogen) atoms. The number of halogens is 1. The molecule has 0 fully saturated rings. The summed E-state index contributed by atoms with van der Waals surface area (Å²) in [5.74, 6) is 0.887. The molecule has 86 valence electrons. The highest BCUT2D eigenvalue weighted by molar-refractivity contribution is 6.32. The maximum absolute atomic E-state index is 11.7. The minimum absolute atomic E-state index is 0.0940.